The molecule has 0 saturated heterocycles. The van der Waals surface area contributed by atoms with E-state index < -0.39 is 0 Å². The summed E-state index contributed by atoms with van der Waals surface area (Å²) in [5.41, 5.74) is 9.63. The van der Waals surface area contributed by atoms with Crippen LogP contribution in [0.4, 0.5) is 5.82 Å². The van der Waals surface area contributed by atoms with Crippen LogP contribution in [0, 0.1) is 6.92 Å². The molecular formula is C19H19N7O. The van der Waals surface area contributed by atoms with Crippen LogP contribution in [0.5, 0.6) is 0 Å². The number of nitrogens with two attached hydrogens (primary N) is 1. The molecule has 1 aromatic carbocycles. The van der Waals surface area contributed by atoms with E-state index in [0.717, 1.165) is 27.9 Å². The van der Waals surface area contributed by atoms with Crippen molar-refractivity contribution in [1.82, 2.24) is 29.5 Å². The van der Waals surface area contributed by atoms with E-state index in [1.807, 2.05) is 44.2 Å². The smallest absolute Gasteiger partial charge is 0.266 e. The van der Waals surface area contributed by atoms with Gasteiger partial charge < -0.3 is 5.73 Å². The second-order valence-electron chi connectivity index (χ2n) is 6.44. The van der Waals surface area contributed by atoms with Crippen LogP contribution in [0.25, 0.3) is 22.3 Å². The molecule has 0 amide bonds. The minimum absolute atomic E-state index is 0.182. The normalized spacial score (nSPS) is 12.4. The van der Waals surface area contributed by atoms with Gasteiger partial charge in [-0.1, -0.05) is 30.3 Å². The predicted molar refractivity (Wildman–Crippen MR) is 103 cm³/mol. The Morgan fingerprint density at radius 2 is 1.85 bits per heavy atom. The first-order chi connectivity index (χ1) is 13.0. The van der Waals surface area contributed by atoms with E-state index >= 15 is 0 Å². The molecule has 0 fully saturated rings. The van der Waals surface area contributed by atoms with Crippen LogP contribution in [-0.4, -0.2) is 29.5 Å². The second kappa shape index (κ2) is 6.31. The molecule has 8 heteroatoms. The Labute approximate surface area is 155 Å². The molecule has 27 heavy (non-hydrogen) atoms. The van der Waals surface area contributed by atoms with Gasteiger partial charge in [-0.15, -0.1) is 0 Å². The Bertz CT molecular complexity index is 1190. The maximum atomic E-state index is 12.3. The van der Waals surface area contributed by atoms with E-state index in [9.17, 15) is 4.79 Å². The molecule has 0 radical (unpaired) electrons. The van der Waals surface area contributed by atoms with Gasteiger partial charge in [-0.05, 0) is 13.8 Å². The monoisotopic (exact) mass is 361 g/mol. The first kappa shape index (κ1) is 16.9. The average molecular weight is 361 g/mol. The topological polar surface area (TPSA) is 105 Å². The Kier molecular flexibility index (Phi) is 3.95. The number of rotatable bonds is 3. The highest BCUT2D eigenvalue weighted by Crippen LogP contribution is 2.30. The van der Waals surface area contributed by atoms with Gasteiger partial charge in [-0.2, -0.15) is 10.2 Å². The van der Waals surface area contributed by atoms with Crippen molar-refractivity contribution in [2.45, 2.75) is 19.9 Å². The molecular weight excluding hydrogens is 342 g/mol. The number of nitrogen functional groups attached to an aromatic ring is 1. The van der Waals surface area contributed by atoms with Crippen LogP contribution < -0.4 is 11.3 Å². The molecule has 1 unspecified atom stereocenters. The molecule has 0 aliphatic rings. The van der Waals surface area contributed by atoms with Crippen LogP contribution in [0.3, 0.4) is 0 Å². The molecule has 1 atom stereocenters. The van der Waals surface area contributed by atoms with Gasteiger partial charge in [0.15, 0.2) is 5.65 Å². The third-order valence-corrected chi connectivity index (χ3v) is 4.68. The quantitative estimate of drug-likeness (QED) is 0.599. The lowest BCUT2D eigenvalue weighted by atomic mass is 10.0. The van der Waals surface area contributed by atoms with E-state index in [1.165, 1.54) is 11.0 Å². The van der Waals surface area contributed by atoms with Crippen LogP contribution in [0.1, 0.15) is 24.2 Å². The molecule has 0 bridgehead atoms. The van der Waals surface area contributed by atoms with Crippen molar-refractivity contribution in [2.75, 3.05) is 5.73 Å². The molecule has 0 saturated carbocycles. The minimum atomic E-state index is -0.271. The summed E-state index contributed by atoms with van der Waals surface area (Å²) in [7, 11) is 1.64. The van der Waals surface area contributed by atoms with Gasteiger partial charge in [0.2, 0.25) is 0 Å². The number of aromatic nitrogens is 6. The Morgan fingerprint density at radius 1 is 1.11 bits per heavy atom. The first-order valence-electron chi connectivity index (χ1n) is 8.56. The van der Waals surface area contributed by atoms with Crippen molar-refractivity contribution in [3.8, 4) is 11.3 Å². The van der Waals surface area contributed by atoms with Gasteiger partial charge in [0.25, 0.3) is 5.56 Å². The van der Waals surface area contributed by atoms with Crippen LogP contribution >= 0.6 is 0 Å². The second-order valence-corrected chi connectivity index (χ2v) is 6.44. The highest BCUT2D eigenvalue weighted by molar-refractivity contribution is 5.88. The average Bonchev–Trinajstić information content (AvgIpc) is 3.02. The maximum Gasteiger partial charge on any atom is 0.266 e. The molecule has 136 valence electrons. The molecule has 0 spiro atoms. The Morgan fingerprint density at radius 3 is 2.59 bits per heavy atom. The fraction of sp³-hybridized carbons (Fsp3) is 0.211. The number of hydrogen-bond acceptors (Lipinski definition) is 6. The highest BCUT2D eigenvalue weighted by Gasteiger charge is 2.22. The summed E-state index contributed by atoms with van der Waals surface area (Å²) < 4.78 is 3.11. The van der Waals surface area contributed by atoms with Crippen LogP contribution in [0.2, 0.25) is 0 Å². The molecule has 8 nitrogen and oxygen atoms in total. The highest BCUT2D eigenvalue weighted by atomic mass is 16.1. The molecule has 4 rings (SSSR count). The molecule has 3 heterocycles. The van der Waals surface area contributed by atoms with Crippen molar-refractivity contribution in [1.29, 1.82) is 0 Å². The predicted octanol–water partition coefficient (Wildman–Crippen LogP) is 2.09. The van der Waals surface area contributed by atoms with E-state index in [2.05, 4.69) is 20.2 Å². The summed E-state index contributed by atoms with van der Waals surface area (Å²) in [4.78, 5) is 20.7. The van der Waals surface area contributed by atoms with Gasteiger partial charge in [-0.25, -0.2) is 19.3 Å². The molecule has 2 N–H and O–H groups in total. The van der Waals surface area contributed by atoms with Gasteiger partial charge >= 0.3 is 0 Å². The van der Waals surface area contributed by atoms with Crippen LogP contribution in [-0.2, 0) is 7.05 Å². The third kappa shape index (κ3) is 2.75. The van der Waals surface area contributed by atoms with Gasteiger partial charge in [0.1, 0.15) is 12.1 Å². The van der Waals surface area contributed by atoms with Crippen molar-refractivity contribution < 1.29 is 0 Å². The van der Waals surface area contributed by atoms with E-state index in [-0.39, 0.29) is 11.6 Å². The summed E-state index contributed by atoms with van der Waals surface area (Å²) in [6.45, 7) is 3.83. The number of fused-ring (bicyclic) bond motifs is 1. The van der Waals surface area contributed by atoms with E-state index in [4.69, 9.17) is 5.73 Å². The molecule has 0 aliphatic carbocycles. The standard InChI is InChI=1S/C19H19N7O/c1-11-16-18(20)21-10-22-19(16)26(23-11)12(2)14-9-15(27)25(3)24-17(14)13-7-5-4-6-8-13/h4-10,12H,1-3H3,(H2,20,21,22). The van der Waals surface area contributed by atoms with Crippen molar-refractivity contribution in [3.63, 3.8) is 0 Å². The van der Waals surface area contributed by atoms with E-state index in [1.54, 1.807) is 17.8 Å². The number of nitrogens with zero attached hydrogens (tertiary/aromatic N) is 6. The lowest BCUT2D eigenvalue weighted by Crippen LogP contribution is -2.23. The van der Waals surface area contributed by atoms with Gasteiger partial charge in [0, 0.05) is 24.2 Å². The fourth-order valence-corrected chi connectivity index (χ4v) is 3.26. The number of hydrogen-bond donors (Lipinski definition) is 1. The number of aryl methyl sites for hydroxylation is 2. The zero-order valence-electron chi connectivity index (χ0n) is 15.3. The van der Waals surface area contributed by atoms with Crippen LogP contribution in [0.15, 0.2) is 47.5 Å². The Hall–Kier alpha value is -3.55. The number of benzene rings is 1. The number of anilines is 1. The molecule has 0 aliphatic heterocycles. The first-order valence-corrected chi connectivity index (χ1v) is 8.56. The Balaban J connectivity index is 1.96. The van der Waals surface area contributed by atoms with Crippen molar-refractivity contribution in [2.24, 2.45) is 7.05 Å². The zero-order chi connectivity index (χ0) is 19.1. The summed E-state index contributed by atoms with van der Waals surface area (Å²) in [6.07, 6.45) is 1.42. The lowest BCUT2D eigenvalue weighted by molar-refractivity contribution is 0.566. The summed E-state index contributed by atoms with van der Waals surface area (Å²) in [5.74, 6) is 0.390. The lowest BCUT2D eigenvalue weighted by Gasteiger charge is -2.17. The molecule has 3 aromatic heterocycles. The SMILES string of the molecule is Cc1nn(C(C)c2cc(=O)n(C)nc2-c2ccccc2)c2ncnc(N)c12. The minimum Gasteiger partial charge on any atom is -0.383 e. The zero-order valence-corrected chi connectivity index (χ0v) is 15.3. The van der Waals surface area contributed by atoms with Gasteiger partial charge in [-0.3, -0.25) is 4.79 Å². The van der Waals surface area contributed by atoms with Gasteiger partial charge in [0.05, 0.1) is 22.8 Å². The van der Waals surface area contributed by atoms with Crippen molar-refractivity contribution >= 4 is 16.9 Å². The largest absolute Gasteiger partial charge is 0.383 e. The summed E-state index contributed by atoms with van der Waals surface area (Å²) in [5, 5.41) is 9.84. The summed E-state index contributed by atoms with van der Waals surface area (Å²) in [6, 6.07) is 11.1. The third-order valence-electron chi connectivity index (χ3n) is 4.68. The molecule has 4 aromatic rings. The summed E-state index contributed by atoms with van der Waals surface area (Å²) >= 11 is 0. The van der Waals surface area contributed by atoms with Crippen molar-refractivity contribution in [3.05, 3.63) is 64.3 Å². The maximum absolute atomic E-state index is 12.3. The fourth-order valence-electron chi connectivity index (χ4n) is 3.26. The van der Waals surface area contributed by atoms with E-state index in [0.29, 0.717) is 11.5 Å².